The van der Waals surface area contributed by atoms with E-state index in [1.54, 1.807) is 6.92 Å². The summed E-state index contributed by atoms with van der Waals surface area (Å²) in [4.78, 5) is 23.0. The highest BCUT2D eigenvalue weighted by atomic mass is 16.6. The number of piperidine rings is 1. The Labute approximate surface area is 128 Å². The fraction of sp³-hybridized carbons (Fsp3) is 0.500. The van der Waals surface area contributed by atoms with E-state index in [1.807, 2.05) is 0 Å². The second kappa shape index (κ2) is 7.08. The Hall–Kier alpha value is -2.35. The Morgan fingerprint density at radius 3 is 2.77 bits per heavy atom. The quantitative estimate of drug-likeness (QED) is 0.425. The molecule has 4 N–H and O–H groups in total. The predicted molar refractivity (Wildman–Crippen MR) is 82.0 cm³/mol. The number of benzene rings is 1. The molecule has 0 atom stereocenters. The van der Waals surface area contributed by atoms with Gasteiger partial charge in [0.05, 0.1) is 17.1 Å². The summed E-state index contributed by atoms with van der Waals surface area (Å²) in [5, 5.41) is 17.3. The van der Waals surface area contributed by atoms with Gasteiger partial charge in [-0.05, 0) is 45.0 Å². The van der Waals surface area contributed by atoms with Crippen LogP contribution in [0.2, 0.25) is 0 Å². The van der Waals surface area contributed by atoms with Gasteiger partial charge in [0, 0.05) is 6.04 Å². The van der Waals surface area contributed by atoms with Crippen molar-refractivity contribution in [3.8, 4) is 5.75 Å². The lowest BCUT2D eigenvalue weighted by molar-refractivity contribution is -0.384. The van der Waals surface area contributed by atoms with Gasteiger partial charge in [0.2, 0.25) is 5.75 Å². The third-order valence-electron chi connectivity index (χ3n) is 3.55. The van der Waals surface area contributed by atoms with Crippen LogP contribution in [0, 0.1) is 10.1 Å². The van der Waals surface area contributed by atoms with Crippen LogP contribution in [0.25, 0.3) is 0 Å². The maximum atomic E-state index is 12.4. The third kappa shape index (κ3) is 3.45. The van der Waals surface area contributed by atoms with Crippen LogP contribution in [0.4, 0.5) is 11.4 Å². The molecule has 0 aliphatic carbocycles. The number of nitrogen functional groups attached to an aromatic ring is 1. The summed E-state index contributed by atoms with van der Waals surface area (Å²) in [6.45, 7) is 3.58. The highest BCUT2D eigenvalue weighted by Gasteiger charge is 2.27. The minimum Gasteiger partial charge on any atom is -0.486 e. The number of hydrogen-bond donors (Lipinski definition) is 3. The van der Waals surface area contributed by atoms with Crippen molar-refractivity contribution < 1.29 is 14.5 Å². The number of carbonyl (C=O) groups is 1. The predicted octanol–water partition coefficient (Wildman–Crippen LogP) is 1.06. The molecule has 120 valence electrons. The number of nitrogens with two attached hydrogens (primary N) is 1. The molecule has 1 aromatic carbocycles. The van der Waals surface area contributed by atoms with Crippen molar-refractivity contribution in [2.24, 2.45) is 0 Å². The summed E-state index contributed by atoms with van der Waals surface area (Å²) in [6, 6.07) is 2.88. The summed E-state index contributed by atoms with van der Waals surface area (Å²) in [6.07, 6.45) is 1.65. The van der Waals surface area contributed by atoms with Crippen molar-refractivity contribution in [3.63, 3.8) is 0 Å². The lowest BCUT2D eigenvalue weighted by Gasteiger charge is -2.24. The highest BCUT2D eigenvalue weighted by Crippen LogP contribution is 2.36. The van der Waals surface area contributed by atoms with Gasteiger partial charge in [-0.3, -0.25) is 14.9 Å². The first-order valence-corrected chi connectivity index (χ1v) is 7.25. The monoisotopic (exact) mass is 308 g/mol. The number of amides is 1. The van der Waals surface area contributed by atoms with Gasteiger partial charge >= 0.3 is 5.69 Å². The van der Waals surface area contributed by atoms with Crippen molar-refractivity contribution in [2.45, 2.75) is 25.8 Å². The normalized spacial score (nSPS) is 15.3. The van der Waals surface area contributed by atoms with Crippen LogP contribution < -0.4 is 21.1 Å². The van der Waals surface area contributed by atoms with E-state index in [0.717, 1.165) is 25.9 Å². The zero-order valence-corrected chi connectivity index (χ0v) is 12.4. The second-order valence-electron chi connectivity index (χ2n) is 5.07. The average Bonchev–Trinajstić information content (AvgIpc) is 2.48. The molecule has 0 spiro atoms. The SMILES string of the molecule is CCOc1c(C(=O)NC2CCNCC2)ccc(N)c1[N+](=O)[O-]. The van der Waals surface area contributed by atoms with Crippen molar-refractivity contribution in [2.75, 3.05) is 25.4 Å². The van der Waals surface area contributed by atoms with Crippen molar-refractivity contribution in [1.29, 1.82) is 0 Å². The van der Waals surface area contributed by atoms with Gasteiger partial charge in [-0.2, -0.15) is 0 Å². The number of rotatable bonds is 5. The second-order valence-corrected chi connectivity index (χ2v) is 5.07. The van der Waals surface area contributed by atoms with Gasteiger partial charge in [0.15, 0.2) is 0 Å². The molecule has 1 aliphatic rings. The first kappa shape index (κ1) is 16.0. The molecule has 0 aromatic heterocycles. The molecule has 0 bridgehead atoms. The molecule has 8 heteroatoms. The summed E-state index contributed by atoms with van der Waals surface area (Å²) in [7, 11) is 0. The van der Waals surface area contributed by atoms with E-state index < -0.39 is 4.92 Å². The number of nitro groups is 1. The molecule has 1 amide bonds. The maximum absolute atomic E-state index is 12.4. The number of nitrogens with zero attached hydrogens (tertiary/aromatic N) is 1. The maximum Gasteiger partial charge on any atom is 0.334 e. The molecule has 0 radical (unpaired) electrons. The Morgan fingerprint density at radius 1 is 1.50 bits per heavy atom. The molecular weight excluding hydrogens is 288 g/mol. The van der Waals surface area contributed by atoms with E-state index in [2.05, 4.69) is 10.6 Å². The molecule has 8 nitrogen and oxygen atoms in total. The van der Waals surface area contributed by atoms with Crippen LogP contribution in [-0.4, -0.2) is 36.6 Å². The van der Waals surface area contributed by atoms with Crippen LogP contribution in [0.3, 0.4) is 0 Å². The van der Waals surface area contributed by atoms with Crippen molar-refractivity contribution >= 4 is 17.3 Å². The number of hydrogen-bond acceptors (Lipinski definition) is 6. The fourth-order valence-corrected chi connectivity index (χ4v) is 2.47. The number of ether oxygens (including phenoxy) is 1. The Balaban J connectivity index is 2.30. The number of nitro benzene ring substituents is 1. The van der Waals surface area contributed by atoms with E-state index in [0.29, 0.717) is 0 Å². The molecule has 1 heterocycles. The molecule has 22 heavy (non-hydrogen) atoms. The van der Waals surface area contributed by atoms with Crippen LogP contribution >= 0.6 is 0 Å². The van der Waals surface area contributed by atoms with Gasteiger partial charge in [0.25, 0.3) is 5.91 Å². The lowest BCUT2D eigenvalue weighted by Crippen LogP contribution is -2.42. The smallest absolute Gasteiger partial charge is 0.334 e. The van der Waals surface area contributed by atoms with Crippen LogP contribution in [-0.2, 0) is 0 Å². The topological polar surface area (TPSA) is 120 Å². The third-order valence-corrected chi connectivity index (χ3v) is 3.55. The van der Waals surface area contributed by atoms with Crippen molar-refractivity contribution in [1.82, 2.24) is 10.6 Å². The summed E-state index contributed by atoms with van der Waals surface area (Å²) in [5.41, 5.74) is 5.40. The Kier molecular flexibility index (Phi) is 5.16. The first-order valence-electron chi connectivity index (χ1n) is 7.25. The van der Waals surface area contributed by atoms with Crippen LogP contribution in [0.1, 0.15) is 30.1 Å². The van der Waals surface area contributed by atoms with E-state index in [1.165, 1.54) is 12.1 Å². The lowest BCUT2D eigenvalue weighted by atomic mass is 10.1. The summed E-state index contributed by atoms with van der Waals surface area (Å²) in [5.74, 6) is -0.447. The van der Waals surface area contributed by atoms with Gasteiger partial charge < -0.3 is 21.1 Å². The van der Waals surface area contributed by atoms with E-state index in [9.17, 15) is 14.9 Å². The molecule has 0 unspecified atom stereocenters. The molecular formula is C14H20N4O4. The number of anilines is 1. The number of nitrogens with one attached hydrogen (secondary N) is 2. The molecule has 1 fully saturated rings. The molecule has 0 saturated carbocycles. The summed E-state index contributed by atoms with van der Waals surface area (Å²) >= 11 is 0. The summed E-state index contributed by atoms with van der Waals surface area (Å²) < 4.78 is 5.33. The van der Waals surface area contributed by atoms with Gasteiger partial charge in [0.1, 0.15) is 5.69 Å². The zero-order valence-electron chi connectivity index (χ0n) is 12.4. The Bertz CT molecular complexity index is 570. The molecule has 1 saturated heterocycles. The van der Waals surface area contributed by atoms with E-state index >= 15 is 0 Å². The first-order chi connectivity index (χ1) is 10.5. The van der Waals surface area contributed by atoms with Crippen LogP contribution in [0.15, 0.2) is 12.1 Å². The van der Waals surface area contributed by atoms with Gasteiger partial charge in [-0.15, -0.1) is 0 Å². The minimum atomic E-state index is -0.623. The average molecular weight is 308 g/mol. The van der Waals surface area contributed by atoms with Crippen molar-refractivity contribution in [3.05, 3.63) is 27.8 Å². The zero-order chi connectivity index (χ0) is 16.1. The molecule has 1 aromatic rings. The van der Waals surface area contributed by atoms with Gasteiger partial charge in [-0.25, -0.2) is 0 Å². The largest absolute Gasteiger partial charge is 0.486 e. The molecule has 1 aliphatic heterocycles. The van der Waals surface area contributed by atoms with E-state index in [-0.39, 0.29) is 41.2 Å². The van der Waals surface area contributed by atoms with Crippen LogP contribution in [0.5, 0.6) is 5.75 Å². The number of carbonyl (C=O) groups excluding carboxylic acids is 1. The molecule has 2 rings (SSSR count). The standard InChI is InChI=1S/C14H20N4O4/c1-2-22-13-10(3-4-11(15)12(13)18(20)21)14(19)17-9-5-7-16-8-6-9/h3-4,9,16H,2,5-8,15H2,1H3,(H,17,19). The minimum absolute atomic E-state index is 0.0214. The Morgan fingerprint density at radius 2 is 2.18 bits per heavy atom. The fourth-order valence-electron chi connectivity index (χ4n) is 2.47. The highest BCUT2D eigenvalue weighted by molar-refractivity contribution is 5.99. The van der Waals surface area contributed by atoms with Gasteiger partial charge in [-0.1, -0.05) is 0 Å². The van der Waals surface area contributed by atoms with E-state index in [4.69, 9.17) is 10.5 Å².